The van der Waals surface area contributed by atoms with Gasteiger partial charge in [0.25, 0.3) is 0 Å². The van der Waals surface area contributed by atoms with Crippen molar-refractivity contribution in [1.29, 1.82) is 0 Å². The number of fused-ring (bicyclic) bond motifs is 1. The number of phenolic OH excluding ortho intramolecular Hbond substituents is 1. The maximum absolute atomic E-state index is 12.8. The number of phenols is 1. The number of pyridine rings is 1. The predicted molar refractivity (Wildman–Crippen MR) is 253 cm³/mol. The molecule has 8 N–H and O–H groups in total. The number of aromatic amines is 1. The number of para-hydroxylation sites is 1. The smallest absolute Gasteiger partial charge is 0.490 e. The van der Waals surface area contributed by atoms with Gasteiger partial charge in [-0.2, -0.15) is 26.3 Å². The van der Waals surface area contributed by atoms with Crippen LogP contribution in [0.2, 0.25) is 0 Å². The summed E-state index contributed by atoms with van der Waals surface area (Å²) in [6, 6.07) is 31.1. The Morgan fingerprint density at radius 3 is 2.03 bits per heavy atom. The van der Waals surface area contributed by atoms with Crippen molar-refractivity contribution < 1.29 is 75.5 Å². The standard InChI is InChI=1S/C45H52N6O7.2C2HF3O2/c1-50(43(56)24-28-51-26-22-34(23-27-51)58-45(57)48-38-12-6-5-11-35(38)32-9-3-2-4-10-32)25-8-7-13-41(54)47-33-16-14-31(15-17-33)29-46-30-40(53)36-18-20-39(52)44-37(36)19-21-42(55)49-44;2*3-2(4,5)1(6)7/h2-6,9-12,14-21,34,40,46,52-53H,7-8,13,22-30H2,1H3,(H,47,54)(H,48,57)(H,49,55);2*(H,6,7)/t40-;;/m0../s1. The van der Waals surface area contributed by atoms with Crippen molar-refractivity contribution in [3.8, 4) is 16.9 Å². The van der Waals surface area contributed by atoms with Gasteiger partial charge in [-0.1, -0.05) is 66.7 Å². The number of aliphatic carboxylic acids is 2. The maximum Gasteiger partial charge on any atom is 0.490 e. The van der Waals surface area contributed by atoms with Crippen LogP contribution in [0.3, 0.4) is 0 Å². The molecule has 5 aromatic rings. The number of unbranched alkanes of at least 4 members (excludes halogenated alkanes) is 1. The molecule has 0 saturated carbocycles. The molecule has 1 fully saturated rings. The predicted octanol–water partition coefficient (Wildman–Crippen LogP) is 7.66. The number of aliphatic hydroxyl groups is 1. The van der Waals surface area contributed by atoms with Gasteiger partial charge in [-0.15, -0.1) is 0 Å². The van der Waals surface area contributed by atoms with Crippen LogP contribution in [0.15, 0.2) is 108 Å². The van der Waals surface area contributed by atoms with Crippen LogP contribution in [0.1, 0.15) is 55.8 Å². The third-order valence-electron chi connectivity index (χ3n) is 10.9. The number of benzene rings is 4. The number of carbonyl (C=O) groups is 5. The fourth-order valence-electron chi connectivity index (χ4n) is 7.15. The normalized spacial score (nSPS) is 13.3. The molecule has 1 saturated heterocycles. The zero-order valence-corrected chi connectivity index (χ0v) is 38.8. The zero-order chi connectivity index (χ0) is 53.0. The van der Waals surface area contributed by atoms with Crippen LogP contribution in [0.25, 0.3) is 22.0 Å². The van der Waals surface area contributed by atoms with E-state index >= 15 is 0 Å². The van der Waals surface area contributed by atoms with Gasteiger partial charge in [0.1, 0.15) is 11.9 Å². The second-order valence-electron chi connectivity index (χ2n) is 16.3. The quantitative estimate of drug-likeness (QED) is 0.0330. The van der Waals surface area contributed by atoms with Crippen molar-refractivity contribution in [2.75, 3.05) is 50.4 Å². The lowest BCUT2D eigenvalue weighted by atomic mass is 10.0. The SMILES string of the molecule is CN(CCCCC(=O)Nc1ccc(CNC[C@H](O)c2ccc(O)c3[nH]c(=O)ccc23)cc1)C(=O)CCN1CCC(OC(=O)Nc2ccccc2-c2ccccc2)CC1.O=C(O)C(F)(F)F.O=C(O)C(F)(F)F. The minimum absolute atomic E-state index is 0.0570. The number of nitrogens with one attached hydrogen (secondary N) is 4. The first kappa shape index (κ1) is 57.1. The van der Waals surface area contributed by atoms with Crippen LogP contribution in [-0.2, 0) is 30.5 Å². The molecule has 17 nitrogen and oxygen atoms in total. The molecule has 1 aliphatic heterocycles. The number of likely N-dealkylation sites (tertiary alicyclic amines) is 1. The summed E-state index contributed by atoms with van der Waals surface area (Å²) in [5.74, 6) is -5.60. The van der Waals surface area contributed by atoms with Crippen LogP contribution in [-0.4, -0.2) is 123 Å². The molecular formula is C49H54F6N6O11. The molecule has 0 radical (unpaired) electrons. The van der Waals surface area contributed by atoms with Crippen LogP contribution < -0.4 is 21.5 Å². The van der Waals surface area contributed by atoms with E-state index in [1.807, 2.05) is 78.9 Å². The number of H-pyrrole nitrogens is 1. The molecule has 6 rings (SSSR count). The number of aromatic hydroxyl groups is 1. The topological polar surface area (TPSA) is 251 Å². The van der Waals surface area contributed by atoms with Crippen molar-refractivity contribution in [2.45, 2.75) is 69.6 Å². The first-order chi connectivity index (χ1) is 34.0. The van der Waals surface area contributed by atoms with Gasteiger partial charge in [0, 0.05) is 81.9 Å². The number of aromatic nitrogens is 1. The van der Waals surface area contributed by atoms with Gasteiger partial charge in [0.15, 0.2) is 0 Å². The number of hydrogen-bond donors (Lipinski definition) is 8. The van der Waals surface area contributed by atoms with Crippen LogP contribution in [0.5, 0.6) is 5.75 Å². The highest BCUT2D eigenvalue weighted by Crippen LogP contribution is 2.30. The average Bonchev–Trinajstić information content (AvgIpc) is 3.33. The largest absolute Gasteiger partial charge is 0.506 e. The first-order valence-electron chi connectivity index (χ1n) is 22.3. The molecular weight excluding hydrogens is 963 g/mol. The summed E-state index contributed by atoms with van der Waals surface area (Å²) in [5.41, 5.74) is 4.86. The lowest BCUT2D eigenvalue weighted by Gasteiger charge is -2.31. The van der Waals surface area contributed by atoms with E-state index in [0.717, 1.165) is 29.8 Å². The highest BCUT2D eigenvalue weighted by atomic mass is 19.4. The van der Waals surface area contributed by atoms with E-state index in [-0.39, 0.29) is 35.8 Å². The molecule has 0 unspecified atom stereocenters. The second-order valence-corrected chi connectivity index (χ2v) is 16.3. The van der Waals surface area contributed by atoms with E-state index in [9.17, 15) is 55.7 Å². The fourth-order valence-corrected chi connectivity index (χ4v) is 7.15. The minimum Gasteiger partial charge on any atom is -0.506 e. The minimum atomic E-state index is -5.08. The molecule has 0 bridgehead atoms. The molecule has 2 heterocycles. The number of alkyl halides is 6. The number of carboxylic acids is 2. The van der Waals surface area contributed by atoms with Gasteiger partial charge in [0.2, 0.25) is 17.4 Å². The van der Waals surface area contributed by atoms with Gasteiger partial charge < -0.3 is 50.6 Å². The summed E-state index contributed by atoms with van der Waals surface area (Å²) in [7, 11) is 1.80. The van der Waals surface area contributed by atoms with Crippen molar-refractivity contribution in [3.05, 3.63) is 125 Å². The monoisotopic (exact) mass is 1020 g/mol. The van der Waals surface area contributed by atoms with Crippen LogP contribution >= 0.6 is 0 Å². The van der Waals surface area contributed by atoms with Gasteiger partial charge >= 0.3 is 30.4 Å². The Bertz CT molecular complexity index is 2620. The number of nitrogens with zero attached hydrogens (tertiary/aromatic N) is 2. The van der Waals surface area contributed by atoms with Gasteiger partial charge in [-0.3, -0.25) is 19.7 Å². The summed E-state index contributed by atoms with van der Waals surface area (Å²) in [4.78, 5) is 74.2. The fraction of sp³-hybridized carbons (Fsp3) is 0.347. The number of ether oxygens (including phenoxy) is 1. The summed E-state index contributed by atoms with van der Waals surface area (Å²) in [5, 5.41) is 44.8. The number of piperidine rings is 1. The van der Waals surface area contributed by atoms with Gasteiger partial charge in [0.05, 0.1) is 17.3 Å². The van der Waals surface area contributed by atoms with E-state index < -0.39 is 36.5 Å². The number of halogens is 6. The summed E-state index contributed by atoms with van der Waals surface area (Å²) >= 11 is 0. The first-order valence-corrected chi connectivity index (χ1v) is 22.3. The third-order valence-corrected chi connectivity index (χ3v) is 10.9. The summed E-state index contributed by atoms with van der Waals surface area (Å²) < 4.78 is 69.2. The number of carbonyl (C=O) groups excluding carboxylic acids is 3. The Hall–Kier alpha value is -7.50. The molecule has 4 aromatic carbocycles. The van der Waals surface area contributed by atoms with Crippen LogP contribution in [0.4, 0.5) is 42.5 Å². The van der Waals surface area contributed by atoms with Crippen LogP contribution in [0, 0.1) is 0 Å². The van der Waals surface area contributed by atoms with Crippen molar-refractivity contribution in [2.24, 2.45) is 0 Å². The molecule has 23 heteroatoms. The number of rotatable bonds is 17. The molecule has 3 amide bonds. The van der Waals surface area contributed by atoms with Crippen molar-refractivity contribution in [1.82, 2.24) is 20.1 Å². The Morgan fingerprint density at radius 1 is 0.792 bits per heavy atom. The Labute approximate surface area is 408 Å². The zero-order valence-electron chi connectivity index (χ0n) is 38.8. The highest BCUT2D eigenvalue weighted by molar-refractivity contribution is 5.92. The average molecular weight is 1020 g/mol. The molecule has 1 aliphatic rings. The lowest BCUT2D eigenvalue weighted by Crippen LogP contribution is -2.40. The molecule has 1 aromatic heterocycles. The number of anilines is 2. The van der Waals surface area contributed by atoms with E-state index in [1.54, 1.807) is 24.1 Å². The van der Waals surface area contributed by atoms with Gasteiger partial charge in [-0.25, -0.2) is 14.4 Å². The molecule has 72 heavy (non-hydrogen) atoms. The number of carboxylic acid groups (broad SMARTS) is 2. The van der Waals surface area contributed by atoms with E-state index in [2.05, 4.69) is 25.8 Å². The molecule has 0 spiro atoms. The molecule has 0 aliphatic carbocycles. The third kappa shape index (κ3) is 19.0. The van der Waals surface area contributed by atoms with E-state index in [0.29, 0.717) is 86.0 Å². The van der Waals surface area contributed by atoms with E-state index in [4.69, 9.17) is 24.5 Å². The Morgan fingerprint density at radius 2 is 1.40 bits per heavy atom. The highest BCUT2D eigenvalue weighted by Gasteiger charge is 2.39. The number of amides is 3. The van der Waals surface area contributed by atoms with Crippen molar-refractivity contribution in [3.63, 3.8) is 0 Å². The summed E-state index contributed by atoms with van der Waals surface area (Å²) in [6.45, 7) is 3.46. The van der Waals surface area contributed by atoms with Gasteiger partial charge in [-0.05, 0) is 72.7 Å². The second kappa shape index (κ2) is 27.2. The molecule has 1 atom stereocenters. The maximum atomic E-state index is 12.8. The summed E-state index contributed by atoms with van der Waals surface area (Å²) in [6.07, 6.45) is -8.14. The Balaban J connectivity index is 0.000000703. The number of aliphatic hydroxyl groups excluding tert-OH is 1. The van der Waals surface area contributed by atoms with Crippen molar-refractivity contribution >= 4 is 52.1 Å². The Kier molecular flexibility index (Phi) is 21.6. The molecule has 388 valence electrons. The lowest BCUT2D eigenvalue weighted by molar-refractivity contribution is -0.193. The van der Waals surface area contributed by atoms with E-state index in [1.165, 1.54) is 12.1 Å². The number of hydrogen-bond acceptors (Lipinski definition) is 11.